The minimum atomic E-state index is -0.119. The Bertz CT molecular complexity index is 887. The van der Waals surface area contributed by atoms with Crippen LogP contribution in [0.2, 0.25) is 5.02 Å². The first-order chi connectivity index (χ1) is 14.6. The summed E-state index contributed by atoms with van der Waals surface area (Å²) in [5, 5.41) is 0.805. The Hall–Kier alpha value is -1.18. The zero-order valence-electron chi connectivity index (χ0n) is 17.2. The number of hydrogen-bond donors (Lipinski definition) is 0. The van der Waals surface area contributed by atoms with Crippen LogP contribution in [0.4, 0.5) is 0 Å². The predicted molar refractivity (Wildman–Crippen MR) is 126 cm³/mol. The van der Waals surface area contributed by atoms with Crippen molar-refractivity contribution in [2.24, 2.45) is 0 Å². The van der Waals surface area contributed by atoms with Gasteiger partial charge in [-0.15, -0.1) is 0 Å². The normalized spacial score (nSPS) is 19.6. The van der Waals surface area contributed by atoms with Crippen LogP contribution in [-0.2, 0) is 16.0 Å². The molecule has 2 aliphatic rings. The lowest BCUT2D eigenvalue weighted by Crippen LogP contribution is -2.48. The van der Waals surface area contributed by atoms with Crippen LogP contribution in [0.3, 0.4) is 0 Å². The fourth-order valence-electron chi connectivity index (χ4n) is 4.17. The van der Waals surface area contributed by atoms with Crippen LogP contribution < -0.4 is 0 Å². The van der Waals surface area contributed by atoms with Crippen LogP contribution in [-0.4, -0.2) is 67.1 Å². The molecule has 1 saturated heterocycles. The van der Waals surface area contributed by atoms with Crippen molar-refractivity contribution in [2.75, 3.05) is 51.3 Å². The molecule has 1 atom stereocenters. The summed E-state index contributed by atoms with van der Waals surface area (Å²) in [6, 6.07) is 15.4. The van der Waals surface area contributed by atoms with Crippen molar-refractivity contribution >= 4 is 41.1 Å². The summed E-state index contributed by atoms with van der Waals surface area (Å²) in [5.74, 6) is 0.310. The summed E-state index contributed by atoms with van der Waals surface area (Å²) in [6.07, 6.45) is 2.89. The number of benzene rings is 2. The molecule has 0 amide bonds. The lowest BCUT2D eigenvalue weighted by atomic mass is 9.96. The molecule has 2 heterocycles. The Morgan fingerprint density at radius 3 is 2.77 bits per heavy atom. The first-order valence-electron chi connectivity index (χ1n) is 10.3. The highest BCUT2D eigenvalue weighted by Gasteiger charge is 2.29. The first-order valence-corrected chi connectivity index (χ1v) is 12.9. The molecule has 0 saturated carbocycles. The van der Waals surface area contributed by atoms with E-state index in [1.54, 1.807) is 0 Å². The number of thioether (sulfide) groups is 1. The Kier molecular flexibility index (Phi) is 7.65. The maximum atomic E-state index is 11.5. The lowest BCUT2D eigenvalue weighted by molar-refractivity contribution is -0.140. The number of carbonyl (C=O) groups excluding carboxylic acids is 1. The molecule has 2 aromatic carbocycles. The van der Waals surface area contributed by atoms with Crippen molar-refractivity contribution in [2.45, 2.75) is 22.3 Å². The molecular formula is C23H27ClN2O2S2. The molecule has 7 heteroatoms. The van der Waals surface area contributed by atoms with E-state index in [1.807, 2.05) is 24.1 Å². The standard InChI is InChI=1S/C23H27ClN2O2S2/c1-29-16-23(27)28-13-12-25-8-10-26(11-9-25)20-15-17-14-18(24)6-7-21(17)30-22-5-3-2-4-19(20)22/h2-7,14,20H,8-13,15-16H2,1H3. The molecule has 30 heavy (non-hydrogen) atoms. The number of halogens is 1. The maximum absolute atomic E-state index is 11.5. The third-order valence-corrected chi connectivity index (χ3v) is 7.68. The summed E-state index contributed by atoms with van der Waals surface area (Å²) < 4.78 is 5.31. The first kappa shape index (κ1) is 22.0. The van der Waals surface area contributed by atoms with Crippen molar-refractivity contribution in [1.82, 2.24) is 9.80 Å². The van der Waals surface area contributed by atoms with Crippen LogP contribution in [0.25, 0.3) is 0 Å². The van der Waals surface area contributed by atoms with Crippen molar-refractivity contribution in [1.29, 1.82) is 0 Å². The van der Waals surface area contributed by atoms with Gasteiger partial charge in [0.1, 0.15) is 6.61 Å². The van der Waals surface area contributed by atoms with E-state index in [1.165, 1.54) is 32.7 Å². The minimum Gasteiger partial charge on any atom is -0.464 e. The highest BCUT2D eigenvalue weighted by Crippen LogP contribution is 2.43. The predicted octanol–water partition coefficient (Wildman–Crippen LogP) is 4.61. The van der Waals surface area contributed by atoms with Crippen LogP contribution in [0, 0.1) is 0 Å². The van der Waals surface area contributed by atoms with Gasteiger partial charge >= 0.3 is 5.97 Å². The molecule has 0 bridgehead atoms. The van der Waals surface area contributed by atoms with Crippen molar-refractivity contribution < 1.29 is 9.53 Å². The van der Waals surface area contributed by atoms with Crippen LogP contribution in [0.15, 0.2) is 52.3 Å². The van der Waals surface area contributed by atoms with Crippen molar-refractivity contribution in [3.8, 4) is 0 Å². The minimum absolute atomic E-state index is 0.119. The van der Waals surface area contributed by atoms with Crippen LogP contribution in [0.1, 0.15) is 17.2 Å². The van der Waals surface area contributed by atoms with Gasteiger partial charge < -0.3 is 4.74 Å². The molecule has 2 aliphatic heterocycles. The largest absolute Gasteiger partial charge is 0.464 e. The molecule has 160 valence electrons. The number of carbonyl (C=O) groups is 1. The molecule has 1 fully saturated rings. The number of rotatable bonds is 6. The molecule has 2 aromatic rings. The van der Waals surface area contributed by atoms with E-state index in [0.29, 0.717) is 18.4 Å². The molecule has 0 N–H and O–H groups in total. The van der Waals surface area contributed by atoms with Crippen LogP contribution in [0.5, 0.6) is 0 Å². The molecule has 4 rings (SSSR count). The number of esters is 1. The van der Waals surface area contributed by atoms with Crippen molar-refractivity contribution in [3.05, 3.63) is 58.6 Å². The van der Waals surface area contributed by atoms with Gasteiger partial charge in [-0.1, -0.05) is 41.6 Å². The third kappa shape index (κ3) is 5.35. The Morgan fingerprint density at radius 1 is 1.17 bits per heavy atom. The number of nitrogens with zero attached hydrogens (tertiary/aromatic N) is 2. The average molecular weight is 463 g/mol. The van der Waals surface area contributed by atoms with Gasteiger partial charge in [0, 0.05) is 53.6 Å². The Labute approximate surface area is 192 Å². The monoisotopic (exact) mass is 462 g/mol. The van der Waals surface area contributed by atoms with E-state index in [-0.39, 0.29) is 5.97 Å². The summed E-state index contributed by atoms with van der Waals surface area (Å²) in [4.78, 5) is 19.2. The van der Waals surface area contributed by atoms with E-state index in [2.05, 4.69) is 46.2 Å². The molecule has 0 aliphatic carbocycles. The zero-order chi connectivity index (χ0) is 20.9. The van der Waals surface area contributed by atoms with Crippen molar-refractivity contribution in [3.63, 3.8) is 0 Å². The lowest BCUT2D eigenvalue weighted by Gasteiger charge is -2.39. The van der Waals surface area contributed by atoms with E-state index < -0.39 is 0 Å². The second-order valence-electron chi connectivity index (χ2n) is 7.64. The van der Waals surface area contributed by atoms with E-state index in [0.717, 1.165) is 44.2 Å². The van der Waals surface area contributed by atoms with E-state index in [4.69, 9.17) is 16.3 Å². The number of ether oxygens (including phenoxy) is 1. The summed E-state index contributed by atoms with van der Waals surface area (Å²) in [7, 11) is 0. The molecule has 0 aromatic heterocycles. The SMILES string of the molecule is CSCC(=O)OCCN1CCN(C2Cc3cc(Cl)ccc3Sc3ccccc32)CC1. The summed E-state index contributed by atoms with van der Waals surface area (Å²) in [6.45, 7) is 5.30. The summed E-state index contributed by atoms with van der Waals surface area (Å²) >= 11 is 9.67. The second kappa shape index (κ2) is 10.4. The highest BCUT2D eigenvalue weighted by molar-refractivity contribution is 7.99. The van der Waals surface area contributed by atoms with Gasteiger partial charge in [0.2, 0.25) is 0 Å². The van der Waals surface area contributed by atoms with Gasteiger partial charge in [0.05, 0.1) is 5.75 Å². The Balaban J connectivity index is 1.42. The van der Waals surface area contributed by atoms with E-state index >= 15 is 0 Å². The smallest absolute Gasteiger partial charge is 0.315 e. The van der Waals surface area contributed by atoms with Gasteiger partial charge in [0.15, 0.2) is 0 Å². The van der Waals surface area contributed by atoms with Gasteiger partial charge in [0.25, 0.3) is 0 Å². The van der Waals surface area contributed by atoms with Gasteiger partial charge in [-0.3, -0.25) is 14.6 Å². The van der Waals surface area contributed by atoms with E-state index in [9.17, 15) is 4.79 Å². The zero-order valence-corrected chi connectivity index (χ0v) is 19.6. The average Bonchev–Trinajstić information content (AvgIpc) is 2.91. The summed E-state index contributed by atoms with van der Waals surface area (Å²) in [5.41, 5.74) is 2.74. The molecule has 4 nitrogen and oxygen atoms in total. The topological polar surface area (TPSA) is 32.8 Å². The Morgan fingerprint density at radius 2 is 1.97 bits per heavy atom. The number of fused-ring (bicyclic) bond motifs is 2. The molecule has 0 spiro atoms. The quantitative estimate of drug-likeness (QED) is 0.583. The number of piperazine rings is 1. The fraction of sp³-hybridized carbons (Fsp3) is 0.435. The molecular weight excluding hydrogens is 436 g/mol. The highest BCUT2D eigenvalue weighted by atomic mass is 35.5. The van der Waals surface area contributed by atoms with Gasteiger partial charge in [-0.25, -0.2) is 0 Å². The van der Waals surface area contributed by atoms with Crippen LogP contribution >= 0.6 is 35.1 Å². The van der Waals surface area contributed by atoms with Gasteiger partial charge in [-0.05, 0) is 48.1 Å². The third-order valence-electron chi connectivity index (χ3n) is 5.71. The fourth-order valence-corrected chi connectivity index (χ4v) is 5.79. The molecule has 0 radical (unpaired) electrons. The second-order valence-corrected chi connectivity index (χ2v) is 10.0. The van der Waals surface area contributed by atoms with Gasteiger partial charge in [-0.2, -0.15) is 11.8 Å². The number of hydrogen-bond acceptors (Lipinski definition) is 6. The molecule has 1 unspecified atom stereocenters. The maximum Gasteiger partial charge on any atom is 0.315 e.